The minimum absolute atomic E-state index is 0.0190. The highest BCUT2D eigenvalue weighted by Gasteiger charge is 2.23. The van der Waals surface area contributed by atoms with Crippen molar-refractivity contribution in [2.45, 2.75) is 19.4 Å². The van der Waals surface area contributed by atoms with Gasteiger partial charge in [0, 0.05) is 33.6 Å². The number of phenols is 1. The summed E-state index contributed by atoms with van der Waals surface area (Å²) in [5.74, 6) is -0.137. The van der Waals surface area contributed by atoms with Gasteiger partial charge >= 0.3 is 0 Å². The summed E-state index contributed by atoms with van der Waals surface area (Å²) in [6, 6.07) is 11.7. The third-order valence-electron chi connectivity index (χ3n) is 3.99. The minimum atomic E-state index is -0.608. The maximum Gasteiger partial charge on any atom is 0.220 e. The molecule has 4 nitrogen and oxygen atoms in total. The number of nitrogens with one attached hydrogen (secondary N) is 1. The van der Waals surface area contributed by atoms with Gasteiger partial charge in [0.25, 0.3) is 0 Å². The molecule has 25 heavy (non-hydrogen) atoms. The molecule has 1 heterocycles. The predicted molar refractivity (Wildman–Crippen MR) is 100 cm³/mol. The number of amides is 1. The van der Waals surface area contributed by atoms with E-state index in [1.54, 1.807) is 43.5 Å². The number of phenolic OH excluding ortho intramolecular Hbond substituents is 1. The highest BCUT2D eigenvalue weighted by molar-refractivity contribution is 6.35. The molecular weight excluding hydrogens is 359 g/mol. The summed E-state index contributed by atoms with van der Waals surface area (Å²) in [5.41, 5.74) is 1.65. The van der Waals surface area contributed by atoms with Crippen molar-refractivity contribution >= 4 is 40.0 Å². The lowest BCUT2D eigenvalue weighted by Gasteiger charge is -2.22. The van der Waals surface area contributed by atoms with Crippen LogP contribution in [0.4, 0.5) is 0 Å². The van der Waals surface area contributed by atoms with Crippen LogP contribution in [0.25, 0.3) is 10.9 Å². The molecule has 0 bridgehead atoms. The summed E-state index contributed by atoms with van der Waals surface area (Å²) in [5, 5.41) is 15.4. The summed E-state index contributed by atoms with van der Waals surface area (Å²) >= 11 is 12.3. The molecule has 0 aliphatic rings. The first kappa shape index (κ1) is 17.5. The largest absolute Gasteiger partial charge is 0.505 e. The number of benzene rings is 2. The molecule has 2 N–H and O–H groups in total. The first-order valence-electron chi connectivity index (χ1n) is 7.82. The fraction of sp³-hybridized carbons (Fsp3) is 0.158. The molecule has 0 unspecified atom stereocenters. The van der Waals surface area contributed by atoms with Crippen molar-refractivity contribution in [3.63, 3.8) is 0 Å². The quantitative estimate of drug-likeness (QED) is 0.684. The number of pyridine rings is 1. The molecule has 0 spiro atoms. The first-order chi connectivity index (χ1) is 12.0. The Labute approximate surface area is 155 Å². The third kappa shape index (κ3) is 3.55. The molecule has 6 heteroatoms. The van der Waals surface area contributed by atoms with E-state index in [1.807, 2.05) is 12.1 Å². The second-order valence-electron chi connectivity index (χ2n) is 5.60. The molecular formula is C19H16Cl2N2O2. The van der Waals surface area contributed by atoms with Crippen molar-refractivity contribution in [1.82, 2.24) is 10.3 Å². The van der Waals surface area contributed by atoms with Gasteiger partial charge in [0.15, 0.2) is 0 Å². The molecule has 3 aromatic rings. The maximum absolute atomic E-state index is 12.0. The zero-order valence-electron chi connectivity index (χ0n) is 13.5. The van der Waals surface area contributed by atoms with Crippen molar-refractivity contribution in [2.75, 3.05) is 0 Å². The second-order valence-corrected chi connectivity index (χ2v) is 6.44. The standard InChI is InChI=1S/C19H16Cl2N2O2/c1-2-16(24)23-18(13-8-6-12(20)10-15(13)21)14-7-5-11-4-3-9-22-17(11)19(14)25/h3-10,18,25H,2H2,1H3,(H,23,24)/t18-/m0/s1. The molecule has 1 atom stereocenters. The lowest BCUT2D eigenvalue weighted by molar-refractivity contribution is -0.121. The summed E-state index contributed by atoms with van der Waals surface area (Å²) in [6.07, 6.45) is 1.93. The molecule has 0 fully saturated rings. The van der Waals surface area contributed by atoms with Crippen LogP contribution in [0.1, 0.15) is 30.5 Å². The second kappa shape index (κ2) is 7.30. The van der Waals surface area contributed by atoms with Gasteiger partial charge in [-0.25, -0.2) is 0 Å². The molecule has 0 aliphatic heterocycles. The number of rotatable bonds is 4. The Bertz CT molecular complexity index is 944. The van der Waals surface area contributed by atoms with E-state index in [2.05, 4.69) is 10.3 Å². The van der Waals surface area contributed by atoms with E-state index in [1.165, 1.54) is 0 Å². The Kier molecular flexibility index (Phi) is 5.11. The van der Waals surface area contributed by atoms with Gasteiger partial charge in [-0.15, -0.1) is 0 Å². The fourth-order valence-electron chi connectivity index (χ4n) is 2.70. The molecule has 0 radical (unpaired) electrons. The van der Waals surface area contributed by atoms with Gasteiger partial charge in [0.2, 0.25) is 5.91 Å². The van der Waals surface area contributed by atoms with E-state index in [0.29, 0.717) is 33.1 Å². The van der Waals surface area contributed by atoms with Gasteiger partial charge < -0.3 is 10.4 Å². The van der Waals surface area contributed by atoms with Gasteiger partial charge in [-0.05, 0) is 23.8 Å². The number of aromatic hydroxyl groups is 1. The Morgan fingerprint density at radius 2 is 1.96 bits per heavy atom. The number of nitrogens with zero attached hydrogens (tertiary/aromatic N) is 1. The van der Waals surface area contributed by atoms with Gasteiger partial charge in [-0.3, -0.25) is 9.78 Å². The van der Waals surface area contributed by atoms with Crippen molar-refractivity contribution in [1.29, 1.82) is 0 Å². The SMILES string of the molecule is CCC(=O)N[C@@H](c1ccc(Cl)cc1Cl)c1ccc2cccnc2c1O. The van der Waals surface area contributed by atoms with E-state index >= 15 is 0 Å². The van der Waals surface area contributed by atoms with Crippen LogP contribution >= 0.6 is 23.2 Å². The Morgan fingerprint density at radius 1 is 1.20 bits per heavy atom. The molecule has 128 valence electrons. The van der Waals surface area contributed by atoms with Crippen molar-refractivity contribution in [3.8, 4) is 5.75 Å². The van der Waals surface area contributed by atoms with Gasteiger partial charge in [0.05, 0.1) is 6.04 Å². The van der Waals surface area contributed by atoms with Gasteiger partial charge in [0.1, 0.15) is 11.3 Å². The Morgan fingerprint density at radius 3 is 2.68 bits per heavy atom. The lowest BCUT2D eigenvalue weighted by Crippen LogP contribution is -2.28. The molecule has 1 amide bonds. The average molecular weight is 375 g/mol. The fourth-order valence-corrected chi connectivity index (χ4v) is 3.22. The normalized spacial score (nSPS) is 12.1. The number of halogens is 2. The van der Waals surface area contributed by atoms with E-state index < -0.39 is 6.04 Å². The highest BCUT2D eigenvalue weighted by Crippen LogP contribution is 2.37. The number of fused-ring (bicyclic) bond motifs is 1. The van der Waals surface area contributed by atoms with Crippen molar-refractivity contribution < 1.29 is 9.90 Å². The summed E-state index contributed by atoms with van der Waals surface area (Å²) in [7, 11) is 0. The van der Waals surface area contributed by atoms with E-state index in [9.17, 15) is 9.90 Å². The van der Waals surface area contributed by atoms with Crippen LogP contribution in [0.15, 0.2) is 48.7 Å². The van der Waals surface area contributed by atoms with Crippen LogP contribution in [-0.2, 0) is 4.79 Å². The molecule has 0 saturated carbocycles. The van der Waals surface area contributed by atoms with Crippen LogP contribution in [0.2, 0.25) is 10.0 Å². The van der Waals surface area contributed by atoms with Crippen LogP contribution in [-0.4, -0.2) is 16.0 Å². The van der Waals surface area contributed by atoms with Crippen molar-refractivity contribution in [2.24, 2.45) is 0 Å². The zero-order chi connectivity index (χ0) is 18.0. The zero-order valence-corrected chi connectivity index (χ0v) is 15.0. The molecule has 0 saturated heterocycles. The number of aromatic nitrogens is 1. The van der Waals surface area contributed by atoms with Gasteiger partial charge in [-0.1, -0.05) is 54.4 Å². The Hall–Kier alpha value is -2.30. The van der Waals surface area contributed by atoms with Crippen LogP contribution in [0, 0.1) is 0 Å². The topological polar surface area (TPSA) is 62.2 Å². The predicted octanol–water partition coefficient (Wildman–Crippen LogP) is 4.86. The highest BCUT2D eigenvalue weighted by atomic mass is 35.5. The molecule has 3 rings (SSSR count). The maximum atomic E-state index is 12.0. The summed E-state index contributed by atoms with van der Waals surface area (Å²) in [6.45, 7) is 1.76. The third-order valence-corrected chi connectivity index (χ3v) is 4.55. The summed E-state index contributed by atoms with van der Waals surface area (Å²) < 4.78 is 0. The van der Waals surface area contributed by atoms with Crippen LogP contribution in [0.3, 0.4) is 0 Å². The monoisotopic (exact) mass is 374 g/mol. The smallest absolute Gasteiger partial charge is 0.220 e. The summed E-state index contributed by atoms with van der Waals surface area (Å²) in [4.78, 5) is 16.3. The number of hydrogen-bond donors (Lipinski definition) is 2. The Balaban J connectivity index is 2.17. The number of carbonyl (C=O) groups is 1. The average Bonchev–Trinajstić information content (AvgIpc) is 2.61. The lowest BCUT2D eigenvalue weighted by atomic mass is 9.96. The van der Waals surface area contributed by atoms with Crippen LogP contribution < -0.4 is 5.32 Å². The van der Waals surface area contributed by atoms with E-state index in [0.717, 1.165) is 5.39 Å². The number of hydrogen-bond acceptors (Lipinski definition) is 3. The van der Waals surface area contributed by atoms with E-state index in [4.69, 9.17) is 23.2 Å². The molecule has 2 aromatic carbocycles. The first-order valence-corrected chi connectivity index (χ1v) is 8.57. The van der Waals surface area contributed by atoms with Gasteiger partial charge in [-0.2, -0.15) is 0 Å². The number of carbonyl (C=O) groups excluding carboxylic acids is 1. The molecule has 0 aliphatic carbocycles. The molecule has 1 aromatic heterocycles. The minimum Gasteiger partial charge on any atom is -0.505 e. The van der Waals surface area contributed by atoms with E-state index in [-0.39, 0.29) is 11.7 Å². The van der Waals surface area contributed by atoms with Crippen molar-refractivity contribution in [3.05, 3.63) is 69.8 Å². The van der Waals surface area contributed by atoms with Crippen LogP contribution in [0.5, 0.6) is 5.75 Å².